The summed E-state index contributed by atoms with van der Waals surface area (Å²) in [6.45, 7) is 4.50. The summed E-state index contributed by atoms with van der Waals surface area (Å²) < 4.78 is 18.5. The van der Waals surface area contributed by atoms with E-state index in [0.717, 1.165) is 0 Å². The number of hydrogen-bond donors (Lipinski definition) is 1. The molecule has 0 saturated heterocycles. The number of carboxylic acids is 1. The second-order valence-corrected chi connectivity index (χ2v) is 5.51. The maximum Gasteiger partial charge on any atom is 0.305 e. The Kier molecular flexibility index (Phi) is 6.82. The van der Waals surface area contributed by atoms with Crippen LogP contribution in [0.2, 0.25) is 0 Å². The summed E-state index contributed by atoms with van der Waals surface area (Å²) in [6, 6.07) is 4.01. The quantitative estimate of drug-likeness (QED) is 0.800. The zero-order valence-electron chi connectivity index (χ0n) is 13.1. The first kappa shape index (κ1) is 17.9. The van der Waals surface area contributed by atoms with Gasteiger partial charge in [0.2, 0.25) is 5.91 Å². The third-order valence-corrected chi connectivity index (χ3v) is 3.12. The van der Waals surface area contributed by atoms with E-state index in [1.807, 2.05) is 13.8 Å². The van der Waals surface area contributed by atoms with Crippen molar-refractivity contribution in [2.24, 2.45) is 5.92 Å². The summed E-state index contributed by atoms with van der Waals surface area (Å²) in [5.74, 6) is -0.974. The fourth-order valence-corrected chi connectivity index (χ4v) is 2.15. The number of hydrogen-bond acceptors (Lipinski definition) is 3. The van der Waals surface area contributed by atoms with Crippen molar-refractivity contribution in [2.75, 3.05) is 20.2 Å². The monoisotopic (exact) mass is 311 g/mol. The van der Waals surface area contributed by atoms with Crippen LogP contribution in [0.5, 0.6) is 5.75 Å². The van der Waals surface area contributed by atoms with Gasteiger partial charge in [0.1, 0.15) is 11.6 Å². The molecule has 1 aromatic carbocycles. The number of methoxy groups -OCH3 is 1. The largest absolute Gasteiger partial charge is 0.496 e. The lowest BCUT2D eigenvalue weighted by Crippen LogP contribution is -2.37. The van der Waals surface area contributed by atoms with E-state index in [9.17, 15) is 14.0 Å². The predicted molar refractivity (Wildman–Crippen MR) is 80.3 cm³/mol. The molecule has 0 saturated carbocycles. The van der Waals surface area contributed by atoms with Crippen LogP contribution >= 0.6 is 0 Å². The average molecular weight is 311 g/mol. The molecular formula is C16H22FNO4. The molecule has 0 fully saturated rings. The Hall–Kier alpha value is -2.11. The van der Waals surface area contributed by atoms with Gasteiger partial charge in [-0.1, -0.05) is 13.8 Å². The number of benzene rings is 1. The summed E-state index contributed by atoms with van der Waals surface area (Å²) >= 11 is 0. The zero-order valence-corrected chi connectivity index (χ0v) is 13.1. The predicted octanol–water partition coefficient (Wildman–Crippen LogP) is 2.34. The highest BCUT2D eigenvalue weighted by molar-refractivity contribution is 5.80. The molecule has 22 heavy (non-hydrogen) atoms. The van der Waals surface area contributed by atoms with Crippen molar-refractivity contribution < 1.29 is 23.8 Å². The van der Waals surface area contributed by atoms with Crippen LogP contribution in [0.4, 0.5) is 4.39 Å². The van der Waals surface area contributed by atoms with E-state index < -0.39 is 11.8 Å². The fourth-order valence-electron chi connectivity index (χ4n) is 2.15. The van der Waals surface area contributed by atoms with Gasteiger partial charge in [-0.15, -0.1) is 0 Å². The molecule has 0 aliphatic carbocycles. The number of amides is 1. The number of ether oxygens (including phenoxy) is 1. The maximum absolute atomic E-state index is 13.3. The Morgan fingerprint density at radius 2 is 2.05 bits per heavy atom. The number of rotatable bonds is 8. The molecule has 1 rings (SSSR count). The highest BCUT2D eigenvalue weighted by atomic mass is 19.1. The number of carbonyl (C=O) groups excluding carboxylic acids is 1. The molecule has 6 heteroatoms. The van der Waals surface area contributed by atoms with Crippen molar-refractivity contribution in [1.29, 1.82) is 0 Å². The Labute approximate surface area is 129 Å². The van der Waals surface area contributed by atoms with E-state index >= 15 is 0 Å². The molecule has 0 bridgehead atoms. The minimum Gasteiger partial charge on any atom is -0.496 e. The summed E-state index contributed by atoms with van der Waals surface area (Å²) in [5, 5.41) is 8.78. The molecule has 5 nitrogen and oxygen atoms in total. The number of aliphatic carboxylic acids is 1. The summed E-state index contributed by atoms with van der Waals surface area (Å²) in [6.07, 6.45) is -0.133. The van der Waals surface area contributed by atoms with Crippen LogP contribution in [0.3, 0.4) is 0 Å². The second kappa shape index (κ2) is 8.36. The van der Waals surface area contributed by atoms with Gasteiger partial charge in [0.15, 0.2) is 0 Å². The number of carboxylic acid groups (broad SMARTS) is 1. The van der Waals surface area contributed by atoms with Crippen molar-refractivity contribution in [2.45, 2.75) is 26.7 Å². The topological polar surface area (TPSA) is 66.8 Å². The van der Waals surface area contributed by atoms with Crippen LogP contribution in [-0.2, 0) is 16.0 Å². The molecule has 0 unspecified atom stereocenters. The number of carbonyl (C=O) groups is 2. The molecule has 0 spiro atoms. The molecule has 0 aromatic heterocycles. The van der Waals surface area contributed by atoms with Crippen molar-refractivity contribution in [3.8, 4) is 5.75 Å². The fraction of sp³-hybridized carbons (Fsp3) is 0.500. The van der Waals surface area contributed by atoms with Gasteiger partial charge in [-0.2, -0.15) is 0 Å². The lowest BCUT2D eigenvalue weighted by Gasteiger charge is -2.24. The lowest BCUT2D eigenvalue weighted by molar-refractivity contribution is -0.138. The first-order valence-corrected chi connectivity index (χ1v) is 7.15. The normalized spacial score (nSPS) is 10.6. The molecule has 1 amide bonds. The molecular weight excluding hydrogens is 289 g/mol. The summed E-state index contributed by atoms with van der Waals surface area (Å²) in [4.78, 5) is 24.6. The van der Waals surface area contributed by atoms with Gasteiger partial charge in [-0.05, 0) is 24.1 Å². The molecule has 1 aromatic rings. The van der Waals surface area contributed by atoms with Gasteiger partial charge >= 0.3 is 5.97 Å². The Balaban J connectivity index is 2.85. The standard InChI is InChI=1S/C16H22FNO4/c1-11(2)10-18(7-6-16(20)21)15(19)9-12-8-13(17)4-5-14(12)22-3/h4-5,8,11H,6-7,9-10H2,1-3H3,(H,20,21). The van der Waals surface area contributed by atoms with E-state index in [2.05, 4.69) is 0 Å². The molecule has 0 radical (unpaired) electrons. The van der Waals surface area contributed by atoms with E-state index in [0.29, 0.717) is 17.9 Å². The Bertz CT molecular complexity index is 531. The first-order chi connectivity index (χ1) is 10.3. The van der Waals surface area contributed by atoms with Crippen molar-refractivity contribution in [3.63, 3.8) is 0 Å². The SMILES string of the molecule is COc1ccc(F)cc1CC(=O)N(CCC(=O)O)CC(C)C. The minimum absolute atomic E-state index is 0.0206. The summed E-state index contributed by atoms with van der Waals surface area (Å²) in [5.41, 5.74) is 0.455. The van der Waals surface area contributed by atoms with Crippen molar-refractivity contribution in [1.82, 2.24) is 4.90 Å². The lowest BCUT2D eigenvalue weighted by atomic mass is 10.1. The van der Waals surface area contributed by atoms with Crippen LogP contribution in [0.15, 0.2) is 18.2 Å². The van der Waals surface area contributed by atoms with Crippen LogP contribution in [-0.4, -0.2) is 42.1 Å². The van der Waals surface area contributed by atoms with Crippen molar-refractivity contribution in [3.05, 3.63) is 29.6 Å². The second-order valence-electron chi connectivity index (χ2n) is 5.51. The zero-order chi connectivity index (χ0) is 16.7. The van der Waals surface area contributed by atoms with Gasteiger partial charge < -0.3 is 14.7 Å². The molecule has 0 atom stereocenters. The van der Waals surface area contributed by atoms with E-state index in [1.165, 1.54) is 30.2 Å². The smallest absolute Gasteiger partial charge is 0.305 e. The van der Waals surface area contributed by atoms with Crippen LogP contribution in [0.25, 0.3) is 0 Å². The Morgan fingerprint density at radius 3 is 2.59 bits per heavy atom. The number of halogens is 1. The van der Waals surface area contributed by atoms with E-state index in [4.69, 9.17) is 9.84 Å². The third-order valence-electron chi connectivity index (χ3n) is 3.12. The average Bonchev–Trinajstić information content (AvgIpc) is 2.43. The van der Waals surface area contributed by atoms with Crippen LogP contribution in [0, 0.1) is 11.7 Å². The third kappa shape index (κ3) is 5.71. The minimum atomic E-state index is -0.954. The molecule has 1 N–H and O–H groups in total. The van der Waals surface area contributed by atoms with Crippen molar-refractivity contribution >= 4 is 11.9 Å². The molecule has 0 heterocycles. The van der Waals surface area contributed by atoms with Gasteiger partial charge in [-0.3, -0.25) is 9.59 Å². The van der Waals surface area contributed by atoms with Gasteiger partial charge in [0.25, 0.3) is 0 Å². The van der Waals surface area contributed by atoms with Gasteiger partial charge in [0, 0.05) is 18.7 Å². The van der Waals surface area contributed by atoms with Crippen LogP contribution < -0.4 is 4.74 Å². The molecule has 0 aliphatic heterocycles. The van der Waals surface area contributed by atoms with E-state index in [1.54, 1.807) is 0 Å². The molecule has 0 aliphatic rings. The van der Waals surface area contributed by atoms with Gasteiger partial charge in [0.05, 0.1) is 20.0 Å². The highest BCUT2D eigenvalue weighted by Gasteiger charge is 2.18. The number of nitrogens with zero attached hydrogens (tertiary/aromatic N) is 1. The van der Waals surface area contributed by atoms with Crippen LogP contribution in [0.1, 0.15) is 25.8 Å². The maximum atomic E-state index is 13.3. The Morgan fingerprint density at radius 1 is 1.36 bits per heavy atom. The van der Waals surface area contributed by atoms with Gasteiger partial charge in [-0.25, -0.2) is 4.39 Å². The molecule has 122 valence electrons. The first-order valence-electron chi connectivity index (χ1n) is 7.15. The highest BCUT2D eigenvalue weighted by Crippen LogP contribution is 2.20. The van der Waals surface area contributed by atoms with E-state index in [-0.39, 0.29) is 31.2 Å². The summed E-state index contributed by atoms with van der Waals surface area (Å²) in [7, 11) is 1.46.